The first-order valence-electron chi connectivity index (χ1n) is 6.09. The molecule has 0 aliphatic carbocycles. The van der Waals surface area contributed by atoms with Crippen molar-refractivity contribution in [3.05, 3.63) is 34.9 Å². The fourth-order valence-corrected chi connectivity index (χ4v) is 2.19. The Morgan fingerprint density at radius 3 is 2.61 bits per heavy atom. The van der Waals surface area contributed by atoms with Crippen molar-refractivity contribution in [1.29, 1.82) is 0 Å². The first kappa shape index (κ1) is 12.8. The number of carbonyl (C=O) groups is 2. The van der Waals surface area contributed by atoms with Gasteiger partial charge in [0.25, 0.3) is 0 Å². The molecule has 1 N–H and O–H groups in total. The van der Waals surface area contributed by atoms with Crippen LogP contribution in [0.1, 0.15) is 23.1 Å². The lowest BCUT2D eigenvalue weighted by molar-refractivity contribution is -0.137. The van der Waals surface area contributed by atoms with Crippen molar-refractivity contribution in [3.63, 3.8) is 0 Å². The molecule has 1 fully saturated rings. The number of benzene rings is 1. The van der Waals surface area contributed by atoms with Crippen molar-refractivity contribution < 1.29 is 9.59 Å². The average molecular weight is 246 g/mol. The Morgan fingerprint density at radius 1 is 1.33 bits per heavy atom. The quantitative estimate of drug-likeness (QED) is 0.814. The summed E-state index contributed by atoms with van der Waals surface area (Å²) in [6, 6.07) is 5.86. The molecule has 1 atom stereocenters. The molecule has 2 rings (SSSR count). The van der Waals surface area contributed by atoms with E-state index in [1.165, 1.54) is 23.1 Å². The summed E-state index contributed by atoms with van der Waals surface area (Å²) < 4.78 is 0. The maximum atomic E-state index is 11.7. The summed E-state index contributed by atoms with van der Waals surface area (Å²) in [7, 11) is 1.53. The van der Waals surface area contributed by atoms with Crippen molar-refractivity contribution in [3.8, 4) is 0 Å². The highest BCUT2D eigenvalue weighted by Gasteiger charge is 2.35. The zero-order valence-electron chi connectivity index (χ0n) is 11.0. The Balaban J connectivity index is 2.00. The molecule has 96 valence electrons. The van der Waals surface area contributed by atoms with Gasteiger partial charge in [-0.3, -0.25) is 14.5 Å². The molecule has 1 unspecified atom stereocenters. The van der Waals surface area contributed by atoms with Crippen LogP contribution in [-0.2, 0) is 16.1 Å². The minimum atomic E-state index is -0.372. The number of amides is 2. The van der Waals surface area contributed by atoms with Crippen LogP contribution in [0.2, 0.25) is 0 Å². The molecule has 4 heteroatoms. The first-order chi connectivity index (χ1) is 8.49. The zero-order valence-corrected chi connectivity index (χ0v) is 11.0. The van der Waals surface area contributed by atoms with Gasteiger partial charge in [-0.05, 0) is 25.0 Å². The minimum absolute atomic E-state index is 0.113. The number of hydrogen-bond donors (Lipinski definition) is 1. The van der Waals surface area contributed by atoms with Gasteiger partial charge in [0.15, 0.2) is 0 Å². The van der Waals surface area contributed by atoms with Crippen LogP contribution in [0.4, 0.5) is 0 Å². The number of carbonyl (C=O) groups excluding carboxylic acids is 2. The molecule has 1 aliphatic rings. The normalized spacial score (nSPS) is 19.7. The second-order valence-corrected chi connectivity index (χ2v) is 4.86. The molecule has 0 saturated carbocycles. The largest absolute Gasteiger partial charge is 0.301 e. The first-order valence-corrected chi connectivity index (χ1v) is 6.09. The summed E-state index contributed by atoms with van der Waals surface area (Å²) in [5, 5.41) is 3.16. The summed E-state index contributed by atoms with van der Waals surface area (Å²) in [6.45, 7) is 4.72. The van der Waals surface area contributed by atoms with Crippen LogP contribution in [0, 0.1) is 13.8 Å². The molecule has 0 spiro atoms. The van der Waals surface area contributed by atoms with Crippen LogP contribution in [0.15, 0.2) is 18.2 Å². The SMILES string of the molecule is Cc1ccc(CNC2CC(=O)N(C)C2=O)c(C)c1. The summed E-state index contributed by atoms with van der Waals surface area (Å²) in [5.41, 5.74) is 3.59. The van der Waals surface area contributed by atoms with Gasteiger partial charge in [0.1, 0.15) is 0 Å². The summed E-state index contributed by atoms with van der Waals surface area (Å²) in [5.74, 6) is -0.247. The highest BCUT2D eigenvalue weighted by Crippen LogP contribution is 2.14. The van der Waals surface area contributed by atoms with Gasteiger partial charge in [0.2, 0.25) is 11.8 Å². The molecular weight excluding hydrogens is 228 g/mol. The Bertz CT molecular complexity index is 497. The van der Waals surface area contributed by atoms with Crippen molar-refractivity contribution in [1.82, 2.24) is 10.2 Å². The monoisotopic (exact) mass is 246 g/mol. The lowest BCUT2D eigenvalue weighted by Gasteiger charge is -2.12. The molecule has 0 aromatic heterocycles. The summed E-state index contributed by atoms with van der Waals surface area (Å²) >= 11 is 0. The van der Waals surface area contributed by atoms with E-state index >= 15 is 0 Å². The Kier molecular flexibility index (Phi) is 3.48. The standard InChI is InChI=1S/C14H18N2O2/c1-9-4-5-11(10(2)6-9)8-15-12-7-13(17)16(3)14(12)18/h4-6,12,15H,7-8H2,1-3H3. The highest BCUT2D eigenvalue weighted by atomic mass is 16.2. The number of likely N-dealkylation sites (tertiary alicyclic amines) is 1. The molecule has 0 radical (unpaired) electrons. The van der Waals surface area contributed by atoms with E-state index in [2.05, 4.69) is 37.4 Å². The van der Waals surface area contributed by atoms with E-state index in [1.807, 2.05) is 0 Å². The molecule has 1 saturated heterocycles. The van der Waals surface area contributed by atoms with Crippen LogP contribution in [0.3, 0.4) is 0 Å². The van der Waals surface area contributed by atoms with Crippen LogP contribution < -0.4 is 5.32 Å². The third-order valence-electron chi connectivity index (χ3n) is 3.42. The number of hydrogen-bond acceptors (Lipinski definition) is 3. The Morgan fingerprint density at radius 2 is 2.06 bits per heavy atom. The van der Waals surface area contributed by atoms with Crippen LogP contribution >= 0.6 is 0 Å². The topological polar surface area (TPSA) is 49.4 Å². The smallest absolute Gasteiger partial charge is 0.246 e. The van der Waals surface area contributed by atoms with E-state index in [-0.39, 0.29) is 24.3 Å². The number of rotatable bonds is 3. The van der Waals surface area contributed by atoms with Gasteiger partial charge in [0, 0.05) is 13.6 Å². The summed E-state index contributed by atoms with van der Waals surface area (Å²) in [6.07, 6.45) is 0.264. The maximum Gasteiger partial charge on any atom is 0.246 e. The molecule has 2 amide bonds. The number of nitrogens with zero attached hydrogens (tertiary/aromatic N) is 1. The highest BCUT2D eigenvalue weighted by molar-refractivity contribution is 6.05. The predicted octanol–water partition coefficient (Wildman–Crippen LogP) is 1.15. The lowest BCUT2D eigenvalue weighted by atomic mass is 10.1. The predicted molar refractivity (Wildman–Crippen MR) is 68.9 cm³/mol. The van der Waals surface area contributed by atoms with Gasteiger partial charge in [-0.1, -0.05) is 23.8 Å². The fourth-order valence-electron chi connectivity index (χ4n) is 2.19. The molecule has 1 aromatic rings. The van der Waals surface area contributed by atoms with Crippen molar-refractivity contribution in [2.24, 2.45) is 0 Å². The van der Waals surface area contributed by atoms with E-state index < -0.39 is 0 Å². The third-order valence-corrected chi connectivity index (χ3v) is 3.42. The van der Waals surface area contributed by atoms with E-state index in [1.54, 1.807) is 0 Å². The molecule has 0 bridgehead atoms. The van der Waals surface area contributed by atoms with Crippen molar-refractivity contribution in [2.45, 2.75) is 32.9 Å². The third kappa shape index (κ3) is 2.43. The maximum absolute atomic E-state index is 11.7. The summed E-state index contributed by atoms with van der Waals surface area (Å²) in [4.78, 5) is 24.3. The van der Waals surface area contributed by atoms with Crippen LogP contribution in [-0.4, -0.2) is 29.8 Å². The second kappa shape index (κ2) is 4.90. The molecule has 1 heterocycles. The van der Waals surface area contributed by atoms with Crippen LogP contribution in [0.25, 0.3) is 0 Å². The number of nitrogens with one attached hydrogen (secondary N) is 1. The van der Waals surface area contributed by atoms with Crippen molar-refractivity contribution in [2.75, 3.05) is 7.05 Å². The molecule has 4 nitrogen and oxygen atoms in total. The molecule has 18 heavy (non-hydrogen) atoms. The fraction of sp³-hybridized carbons (Fsp3) is 0.429. The van der Waals surface area contributed by atoms with Crippen molar-refractivity contribution >= 4 is 11.8 Å². The minimum Gasteiger partial charge on any atom is -0.301 e. The Labute approximate surface area is 107 Å². The zero-order chi connectivity index (χ0) is 13.3. The second-order valence-electron chi connectivity index (χ2n) is 4.86. The van der Waals surface area contributed by atoms with Gasteiger partial charge in [-0.25, -0.2) is 0 Å². The van der Waals surface area contributed by atoms with E-state index in [0.717, 1.165) is 5.56 Å². The van der Waals surface area contributed by atoms with Crippen LogP contribution in [0.5, 0.6) is 0 Å². The number of imide groups is 1. The lowest BCUT2D eigenvalue weighted by Crippen LogP contribution is -2.36. The van der Waals surface area contributed by atoms with Gasteiger partial charge < -0.3 is 5.32 Å². The van der Waals surface area contributed by atoms with E-state index in [4.69, 9.17) is 0 Å². The molecule has 1 aromatic carbocycles. The van der Waals surface area contributed by atoms with Gasteiger partial charge in [-0.2, -0.15) is 0 Å². The van der Waals surface area contributed by atoms with Gasteiger partial charge in [0.05, 0.1) is 12.5 Å². The number of aryl methyl sites for hydroxylation is 2. The van der Waals surface area contributed by atoms with Gasteiger partial charge in [-0.15, -0.1) is 0 Å². The number of likely N-dealkylation sites (N-methyl/N-ethyl adjacent to an activating group) is 1. The van der Waals surface area contributed by atoms with E-state index in [9.17, 15) is 9.59 Å². The van der Waals surface area contributed by atoms with E-state index in [0.29, 0.717) is 6.54 Å². The average Bonchev–Trinajstić information content (AvgIpc) is 2.56. The molecule has 1 aliphatic heterocycles. The van der Waals surface area contributed by atoms with Gasteiger partial charge >= 0.3 is 0 Å². The Hall–Kier alpha value is -1.68. The molecular formula is C14H18N2O2.